The predicted molar refractivity (Wildman–Crippen MR) is 100.0 cm³/mol. The number of nitrogens with zero attached hydrogens (tertiary/aromatic N) is 2. The predicted octanol–water partition coefficient (Wildman–Crippen LogP) is 4.94. The van der Waals surface area contributed by atoms with Gasteiger partial charge in [-0.3, -0.25) is 5.01 Å². The third-order valence-electron chi connectivity index (χ3n) is 5.08. The summed E-state index contributed by atoms with van der Waals surface area (Å²) in [4.78, 5) is 0. The number of ether oxygens (including phenoxy) is 1. The number of fused-ring (bicyclic) bond motifs is 3. The molecule has 0 bridgehead atoms. The van der Waals surface area contributed by atoms with Crippen LogP contribution in [0.3, 0.4) is 0 Å². The van der Waals surface area contributed by atoms with E-state index in [0.717, 1.165) is 17.0 Å². The van der Waals surface area contributed by atoms with Gasteiger partial charge in [0.05, 0.1) is 30.0 Å². The third kappa shape index (κ3) is 2.67. The highest BCUT2D eigenvalue weighted by Gasteiger charge is 2.43. The Hall–Kier alpha value is -3.21. The summed E-state index contributed by atoms with van der Waals surface area (Å²) in [5.41, 5.74) is 3.34. The van der Waals surface area contributed by atoms with Gasteiger partial charge in [-0.2, -0.15) is 5.10 Å². The van der Waals surface area contributed by atoms with E-state index in [4.69, 9.17) is 9.84 Å². The lowest BCUT2D eigenvalue weighted by Gasteiger charge is -2.30. The van der Waals surface area contributed by atoms with Crippen molar-refractivity contribution in [3.8, 4) is 5.75 Å². The van der Waals surface area contributed by atoms with Crippen LogP contribution in [-0.4, -0.2) is 12.3 Å². The number of hydrogen-bond donors (Lipinski definition) is 0. The van der Waals surface area contributed by atoms with Crippen molar-refractivity contribution in [3.63, 3.8) is 0 Å². The van der Waals surface area contributed by atoms with Gasteiger partial charge in [0.15, 0.2) is 0 Å². The molecule has 0 saturated carbocycles. The maximum Gasteiger partial charge on any atom is 0.128 e. The molecule has 0 amide bonds. The van der Waals surface area contributed by atoms with E-state index in [1.54, 1.807) is 18.2 Å². The molecule has 0 radical (unpaired) electrons. The fourth-order valence-electron chi connectivity index (χ4n) is 3.84. The van der Waals surface area contributed by atoms with Crippen LogP contribution >= 0.6 is 0 Å². The van der Waals surface area contributed by atoms with Crippen molar-refractivity contribution in [1.29, 1.82) is 0 Å². The third-order valence-corrected chi connectivity index (χ3v) is 5.08. The molecule has 5 rings (SSSR count). The normalized spacial score (nSPS) is 20.5. The van der Waals surface area contributed by atoms with Gasteiger partial charge in [0.1, 0.15) is 17.4 Å². The fraction of sp³-hybridized carbons (Fsp3) is 0.136. The number of rotatable bonds is 2. The Morgan fingerprint density at radius 2 is 1.63 bits per heavy atom. The van der Waals surface area contributed by atoms with Crippen molar-refractivity contribution in [2.24, 2.45) is 11.0 Å². The molecular weight excluding hydrogens is 346 g/mol. The molecule has 5 heteroatoms. The highest BCUT2D eigenvalue weighted by molar-refractivity contribution is 6.08. The molecule has 0 spiro atoms. The number of para-hydroxylation sites is 1. The first-order valence-electron chi connectivity index (χ1n) is 8.82. The zero-order valence-corrected chi connectivity index (χ0v) is 14.3. The van der Waals surface area contributed by atoms with Crippen LogP contribution in [0.2, 0.25) is 0 Å². The zero-order valence-electron chi connectivity index (χ0n) is 14.3. The molecule has 0 aliphatic carbocycles. The largest absolute Gasteiger partial charge is 0.492 e. The van der Waals surface area contributed by atoms with Crippen LogP contribution in [0.4, 0.5) is 14.5 Å². The molecule has 2 aliphatic heterocycles. The molecule has 134 valence electrons. The molecule has 3 aromatic rings. The van der Waals surface area contributed by atoms with Gasteiger partial charge >= 0.3 is 0 Å². The highest BCUT2D eigenvalue weighted by atomic mass is 19.1. The Kier molecular flexibility index (Phi) is 3.67. The minimum absolute atomic E-state index is 0.0787. The molecule has 2 unspecified atom stereocenters. The molecule has 2 heterocycles. The van der Waals surface area contributed by atoms with Gasteiger partial charge < -0.3 is 4.74 Å². The first-order chi connectivity index (χ1) is 13.2. The van der Waals surface area contributed by atoms with Crippen molar-refractivity contribution >= 4 is 11.4 Å². The lowest BCUT2D eigenvalue weighted by atomic mass is 9.85. The van der Waals surface area contributed by atoms with Crippen LogP contribution in [0.25, 0.3) is 0 Å². The molecular formula is C22H16F2N2O. The second kappa shape index (κ2) is 6.20. The van der Waals surface area contributed by atoms with Crippen molar-refractivity contribution in [3.05, 3.63) is 95.6 Å². The van der Waals surface area contributed by atoms with Crippen LogP contribution < -0.4 is 9.75 Å². The van der Waals surface area contributed by atoms with E-state index in [-0.39, 0.29) is 23.6 Å². The summed E-state index contributed by atoms with van der Waals surface area (Å²) in [5, 5.41) is 6.78. The topological polar surface area (TPSA) is 24.8 Å². The molecule has 2 atom stereocenters. The van der Waals surface area contributed by atoms with Crippen LogP contribution in [-0.2, 0) is 0 Å². The Labute approximate surface area is 155 Å². The molecule has 3 aromatic carbocycles. The Bertz CT molecular complexity index is 1020. The van der Waals surface area contributed by atoms with Gasteiger partial charge in [0, 0.05) is 5.56 Å². The van der Waals surface area contributed by atoms with Gasteiger partial charge in [-0.15, -0.1) is 0 Å². The van der Waals surface area contributed by atoms with Crippen molar-refractivity contribution in [2.45, 2.75) is 6.04 Å². The molecule has 2 aliphatic rings. The molecule has 0 aromatic heterocycles. The maximum absolute atomic E-state index is 13.9. The first-order valence-corrected chi connectivity index (χ1v) is 8.82. The summed E-state index contributed by atoms with van der Waals surface area (Å²) in [6.07, 6.45) is 0. The highest BCUT2D eigenvalue weighted by Crippen LogP contribution is 2.44. The summed E-state index contributed by atoms with van der Waals surface area (Å²) < 4.78 is 33.2. The minimum Gasteiger partial charge on any atom is -0.492 e. The number of anilines is 1. The average Bonchev–Trinajstić information content (AvgIpc) is 3.09. The molecule has 3 nitrogen and oxygen atoms in total. The molecule has 0 fully saturated rings. The van der Waals surface area contributed by atoms with E-state index in [0.29, 0.717) is 17.9 Å². The van der Waals surface area contributed by atoms with Crippen molar-refractivity contribution in [2.75, 3.05) is 11.6 Å². The van der Waals surface area contributed by atoms with E-state index >= 15 is 0 Å². The number of halogens is 2. The second-order valence-corrected chi connectivity index (χ2v) is 6.72. The van der Waals surface area contributed by atoms with Gasteiger partial charge in [-0.05, 0) is 48.0 Å². The van der Waals surface area contributed by atoms with Gasteiger partial charge in [-0.1, -0.05) is 30.3 Å². The van der Waals surface area contributed by atoms with Crippen LogP contribution in [0.1, 0.15) is 17.2 Å². The molecule has 0 saturated heterocycles. The Morgan fingerprint density at radius 1 is 0.889 bits per heavy atom. The summed E-state index contributed by atoms with van der Waals surface area (Å²) >= 11 is 0. The van der Waals surface area contributed by atoms with Gasteiger partial charge in [0.2, 0.25) is 0 Å². The van der Waals surface area contributed by atoms with Crippen LogP contribution in [0.5, 0.6) is 5.75 Å². The Balaban J connectivity index is 1.66. The standard InChI is InChI=1S/C22H16F2N2O/c23-15-8-6-14(7-9-15)22-19-13-27-20-11-10-16(24)12-18(20)21(19)25-26(22)17-4-2-1-3-5-17/h1-12,19,22H,13H2. The van der Waals surface area contributed by atoms with E-state index in [1.807, 2.05) is 35.3 Å². The number of hydrogen-bond acceptors (Lipinski definition) is 3. The maximum atomic E-state index is 13.9. The quantitative estimate of drug-likeness (QED) is 0.645. The van der Waals surface area contributed by atoms with Gasteiger partial charge in [-0.25, -0.2) is 8.78 Å². The monoisotopic (exact) mass is 362 g/mol. The van der Waals surface area contributed by atoms with Crippen LogP contribution in [0.15, 0.2) is 77.9 Å². The zero-order chi connectivity index (χ0) is 18.4. The summed E-state index contributed by atoms with van der Waals surface area (Å²) in [6.45, 7) is 0.433. The minimum atomic E-state index is -0.322. The lowest BCUT2D eigenvalue weighted by molar-refractivity contribution is 0.260. The van der Waals surface area contributed by atoms with E-state index < -0.39 is 0 Å². The van der Waals surface area contributed by atoms with E-state index in [2.05, 4.69) is 0 Å². The van der Waals surface area contributed by atoms with Gasteiger partial charge in [0.25, 0.3) is 0 Å². The number of hydrazone groups is 1. The first kappa shape index (κ1) is 16.0. The van der Waals surface area contributed by atoms with E-state index in [9.17, 15) is 8.78 Å². The summed E-state index contributed by atoms with van der Waals surface area (Å²) in [6, 6.07) is 20.6. The summed E-state index contributed by atoms with van der Waals surface area (Å²) in [7, 11) is 0. The molecule has 0 N–H and O–H groups in total. The van der Waals surface area contributed by atoms with E-state index in [1.165, 1.54) is 24.3 Å². The second-order valence-electron chi connectivity index (χ2n) is 6.72. The van der Waals surface area contributed by atoms with Crippen molar-refractivity contribution in [1.82, 2.24) is 0 Å². The number of benzene rings is 3. The lowest BCUT2D eigenvalue weighted by Crippen LogP contribution is -2.33. The fourth-order valence-corrected chi connectivity index (χ4v) is 3.84. The SMILES string of the molecule is Fc1ccc(C2C3COc4ccc(F)cc4C3=NN2c2ccccc2)cc1. The summed E-state index contributed by atoms with van der Waals surface area (Å²) in [5.74, 6) is -0.0437. The smallest absolute Gasteiger partial charge is 0.128 e. The Morgan fingerprint density at radius 3 is 2.41 bits per heavy atom. The van der Waals surface area contributed by atoms with Crippen molar-refractivity contribution < 1.29 is 13.5 Å². The molecule has 27 heavy (non-hydrogen) atoms. The van der Waals surface area contributed by atoms with Crippen LogP contribution in [0, 0.1) is 17.6 Å². The average molecular weight is 362 g/mol.